The van der Waals surface area contributed by atoms with Crippen LogP contribution in [0, 0.1) is 11.8 Å². The van der Waals surface area contributed by atoms with Crippen LogP contribution in [0.4, 0.5) is 4.79 Å². The number of rotatable bonds is 2. The minimum Gasteiger partial charge on any atom is -0.508 e. The van der Waals surface area contributed by atoms with Gasteiger partial charge < -0.3 is 19.5 Å². The molecule has 2 aliphatic rings. The number of hydrogen-bond donors (Lipinski definition) is 1. The number of ether oxygens (including phenoxy) is 2. The van der Waals surface area contributed by atoms with Crippen LogP contribution in [0.15, 0.2) is 24.3 Å². The molecule has 2 bridgehead atoms. The smallest absolute Gasteiger partial charge is 0.410 e. The second-order valence-corrected chi connectivity index (χ2v) is 8.26. The second-order valence-electron chi connectivity index (χ2n) is 8.26. The number of benzene rings is 1. The highest BCUT2D eigenvalue weighted by atomic mass is 16.6. The number of fused-ring (bicyclic) bond motifs is 2. The summed E-state index contributed by atoms with van der Waals surface area (Å²) in [6.45, 7) is 6.91. The molecule has 0 unspecified atom stereocenters. The highest BCUT2D eigenvalue weighted by molar-refractivity contribution is 5.68. The van der Waals surface area contributed by atoms with Crippen LogP contribution in [0.3, 0.4) is 0 Å². The summed E-state index contributed by atoms with van der Waals surface area (Å²) in [4.78, 5) is 14.4. The lowest BCUT2D eigenvalue weighted by molar-refractivity contribution is -0.166. The second kappa shape index (κ2) is 6.52. The lowest BCUT2D eigenvalue weighted by Crippen LogP contribution is -2.60. The molecule has 2 atom stereocenters. The third-order valence-corrected chi connectivity index (χ3v) is 5.49. The summed E-state index contributed by atoms with van der Waals surface area (Å²) in [5.41, 5.74) is 0.0661. The molecule has 1 aliphatic heterocycles. The quantitative estimate of drug-likeness (QED) is 0.881. The molecule has 1 aromatic carbocycles. The van der Waals surface area contributed by atoms with Gasteiger partial charge in [0.2, 0.25) is 0 Å². The number of phenols is 1. The maximum Gasteiger partial charge on any atom is 0.410 e. The zero-order chi connectivity index (χ0) is 18.2. The van der Waals surface area contributed by atoms with E-state index in [-0.39, 0.29) is 23.7 Å². The number of carbonyl (C=O) groups is 1. The Bertz CT molecular complexity index is 623. The van der Waals surface area contributed by atoms with Crippen molar-refractivity contribution in [3.05, 3.63) is 29.8 Å². The van der Waals surface area contributed by atoms with E-state index in [0.29, 0.717) is 13.1 Å². The van der Waals surface area contributed by atoms with Crippen molar-refractivity contribution in [3.63, 3.8) is 0 Å². The lowest BCUT2D eigenvalue weighted by Gasteiger charge is -2.55. The molecule has 138 valence electrons. The van der Waals surface area contributed by atoms with Crippen molar-refractivity contribution in [2.75, 3.05) is 20.2 Å². The normalized spacial score (nSPS) is 29.4. The average molecular weight is 347 g/mol. The fourth-order valence-electron chi connectivity index (χ4n) is 4.58. The van der Waals surface area contributed by atoms with Gasteiger partial charge in [-0.05, 0) is 51.3 Å². The van der Waals surface area contributed by atoms with Gasteiger partial charge in [-0.2, -0.15) is 0 Å². The van der Waals surface area contributed by atoms with Gasteiger partial charge in [-0.15, -0.1) is 0 Å². The first kappa shape index (κ1) is 18.1. The number of hydrogen-bond acceptors (Lipinski definition) is 4. The van der Waals surface area contributed by atoms with Crippen LogP contribution in [0.1, 0.15) is 45.6 Å². The van der Waals surface area contributed by atoms with E-state index in [1.807, 2.05) is 37.8 Å². The van der Waals surface area contributed by atoms with E-state index in [1.165, 1.54) is 0 Å². The maximum absolute atomic E-state index is 12.6. The summed E-state index contributed by atoms with van der Waals surface area (Å²) < 4.78 is 11.7. The molecule has 5 heteroatoms. The first-order valence-electron chi connectivity index (χ1n) is 9.09. The Morgan fingerprint density at radius 3 is 2.40 bits per heavy atom. The first-order valence-corrected chi connectivity index (χ1v) is 9.09. The number of piperidine rings is 1. The Kier molecular flexibility index (Phi) is 4.71. The van der Waals surface area contributed by atoms with Crippen molar-refractivity contribution < 1.29 is 19.4 Å². The maximum atomic E-state index is 12.6. The Balaban J connectivity index is 1.90. The van der Waals surface area contributed by atoms with E-state index >= 15 is 0 Å². The number of amides is 1. The van der Waals surface area contributed by atoms with Crippen molar-refractivity contribution in [1.82, 2.24) is 4.90 Å². The van der Waals surface area contributed by atoms with E-state index in [2.05, 4.69) is 0 Å². The van der Waals surface area contributed by atoms with E-state index < -0.39 is 11.2 Å². The molecule has 5 nitrogen and oxygen atoms in total. The summed E-state index contributed by atoms with van der Waals surface area (Å²) in [5, 5.41) is 9.94. The Hall–Kier alpha value is -1.75. The first-order chi connectivity index (χ1) is 11.8. The molecule has 0 radical (unpaired) electrons. The fourth-order valence-corrected chi connectivity index (χ4v) is 4.58. The lowest BCUT2D eigenvalue weighted by atomic mass is 9.62. The summed E-state index contributed by atoms with van der Waals surface area (Å²) in [5.74, 6) is 0.639. The number of phenolic OH excluding ortho intramolecular Hbond substituents is 1. The number of aromatic hydroxyl groups is 1. The van der Waals surface area contributed by atoms with Crippen LogP contribution in [-0.2, 0) is 15.1 Å². The molecule has 1 saturated heterocycles. The minimum atomic E-state index is -0.493. The molecular weight excluding hydrogens is 318 g/mol. The average Bonchev–Trinajstić information content (AvgIpc) is 2.51. The standard InChI is InChI=1S/C20H29NO4/c1-19(2,3)25-18(23)21-12-15-8-5-9-16(13-21)20(15,24-4)14-7-6-10-17(22)11-14/h6-7,10-11,15-16,22H,5,8-9,12-13H2,1-4H3/t15-,16-/m1/s1. The molecule has 0 spiro atoms. The molecule has 3 rings (SSSR count). The van der Waals surface area contributed by atoms with E-state index in [4.69, 9.17) is 9.47 Å². The van der Waals surface area contributed by atoms with Crippen LogP contribution in [0.2, 0.25) is 0 Å². The van der Waals surface area contributed by atoms with Crippen LogP contribution in [-0.4, -0.2) is 41.9 Å². The van der Waals surface area contributed by atoms with Crippen molar-refractivity contribution in [3.8, 4) is 5.75 Å². The van der Waals surface area contributed by atoms with Gasteiger partial charge in [0, 0.05) is 32.0 Å². The van der Waals surface area contributed by atoms with Gasteiger partial charge in [0.1, 0.15) is 17.0 Å². The molecule has 1 aliphatic carbocycles. The summed E-state index contributed by atoms with van der Waals surface area (Å²) in [7, 11) is 1.75. The molecule has 1 N–H and O–H groups in total. The summed E-state index contributed by atoms with van der Waals surface area (Å²) in [6, 6.07) is 7.37. The van der Waals surface area contributed by atoms with Crippen LogP contribution in [0.5, 0.6) is 5.75 Å². The Labute approximate surface area is 149 Å². The Morgan fingerprint density at radius 1 is 1.24 bits per heavy atom. The van der Waals surface area contributed by atoms with Crippen molar-refractivity contribution in [1.29, 1.82) is 0 Å². The van der Waals surface area contributed by atoms with E-state index in [1.54, 1.807) is 19.2 Å². The third kappa shape index (κ3) is 3.34. The molecule has 25 heavy (non-hydrogen) atoms. The van der Waals surface area contributed by atoms with Gasteiger partial charge in [0.25, 0.3) is 0 Å². The summed E-state index contributed by atoms with van der Waals surface area (Å²) in [6.07, 6.45) is 2.89. The van der Waals surface area contributed by atoms with Gasteiger partial charge in [-0.3, -0.25) is 0 Å². The predicted octanol–water partition coefficient (Wildman–Crippen LogP) is 3.90. The third-order valence-electron chi connectivity index (χ3n) is 5.49. The van der Waals surface area contributed by atoms with Crippen LogP contribution in [0.25, 0.3) is 0 Å². The van der Waals surface area contributed by atoms with Crippen molar-refractivity contribution in [2.24, 2.45) is 11.8 Å². The topological polar surface area (TPSA) is 59.0 Å². The minimum absolute atomic E-state index is 0.194. The fraction of sp³-hybridized carbons (Fsp3) is 0.650. The van der Waals surface area contributed by atoms with Gasteiger partial charge in [0.05, 0.1) is 0 Å². The molecule has 1 saturated carbocycles. The number of methoxy groups -OCH3 is 1. The molecule has 0 aromatic heterocycles. The number of likely N-dealkylation sites (tertiary alicyclic amines) is 1. The zero-order valence-corrected chi connectivity index (χ0v) is 15.6. The van der Waals surface area contributed by atoms with E-state index in [0.717, 1.165) is 24.8 Å². The van der Waals surface area contributed by atoms with Gasteiger partial charge >= 0.3 is 6.09 Å². The predicted molar refractivity (Wildman–Crippen MR) is 95.4 cm³/mol. The van der Waals surface area contributed by atoms with Crippen molar-refractivity contribution in [2.45, 2.75) is 51.2 Å². The Morgan fingerprint density at radius 2 is 1.88 bits per heavy atom. The van der Waals surface area contributed by atoms with Crippen LogP contribution >= 0.6 is 0 Å². The monoisotopic (exact) mass is 347 g/mol. The highest BCUT2D eigenvalue weighted by Crippen LogP contribution is 2.52. The van der Waals surface area contributed by atoms with Crippen LogP contribution < -0.4 is 0 Å². The summed E-state index contributed by atoms with van der Waals surface area (Å²) >= 11 is 0. The van der Waals surface area contributed by atoms with E-state index in [9.17, 15) is 9.90 Å². The largest absolute Gasteiger partial charge is 0.508 e. The number of carbonyl (C=O) groups excluding carboxylic acids is 1. The van der Waals surface area contributed by atoms with Gasteiger partial charge in [-0.25, -0.2) is 4.79 Å². The molecular formula is C20H29NO4. The molecule has 1 aromatic rings. The van der Waals surface area contributed by atoms with Crippen molar-refractivity contribution >= 4 is 6.09 Å². The molecule has 1 heterocycles. The zero-order valence-electron chi connectivity index (χ0n) is 15.6. The molecule has 2 fully saturated rings. The SMILES string of the molecule is COC1(c2cccc(O)c2)[C@@H]2CCC[C@@H]1CN(C(=O)OC(C)(C)C)C2. The highest BCUT2D eigenvalue weighted by Gasteiger charge is 2.54. The van der Waals surface area contributed by atoms with Gasteiger partial charge in [0.15, 0.2) is 0 Å². The molecule has 1 amide bonds. The van der Waals surface area contributed by atoms with Gasteiger partial charge in [-0.1, -0.05) is 18.6 Å². The number of nitrogens with zero attached hydrogens (tertiary/aromatic N) is 1.